The van der Waals surface area contributed by atoms with Gasteiger partial charge in [-0.2, -0.15) is 0 Å². The van der Waals surface area contributed by atoms with E-state index < -0.39 is 0 Å². The van der Waals surface area contributed by atoms with Gasteiger partial charge in [-0.1, -0.05) is 41.5 Å². The molecule has 0 fully saturated rings. The fourth-order valence-corrected chi connectivity index (χ4v) is 1.29. The molecule has 0 aliphatic carbocycles. The maximum Gasteiger partial charge on any atom is 0.224 e. The third kappa shape index (κ3) is 4.86. The minimum atomic E-state index is -0.00310. The molecule has 0 heterocycles. The highest BCUT2D eigenvalue weighted by atomic mass is 16.1. The third-order valence-corrected chi connectivity index (χ3v) is 2.18. The number of nitrogens with zero attached hydrogens (tertiary/aromatic N) is 3. The van der Waals surface area contributed by atoms with Gasteiger partial charge >= 0.3 is 0 Å². The fourth-order valence-electron chi connectivity index (χ4n) is 1.29. The van der Waals surface area contributed by atoms with Gasteiger partial charge in [-0.25, -0.2) is 0 Å². The number of likely N-dealkylation sites (N-methyl/N-ethyl adjacent to an activating group) is 1. The molecule has 0 unspecified atom stereocenters. The van der Waals surface area contributed by atoms with Crippen LogP contribution in [0.2, 0.25) is 0 Å². The molecule has 0 saturated carbocycles. The Balaban J connectivity index is 2.58. The molecular weight excluding hydrogens is 216 g/mol. The van der Waals surface area contributed by atoms with E-state index in [-0.39, 0.29) is 5.91 Å². The van der Waals surface area contributed by atoms with Gasteiger partial charge in [0.25, 0.3) is 0 Å². The summed E-state index contributed by atoms with van der Waals surface area (Å²) in [7, 11) is 1.62. The van der Waals surface area contributed by atoms with E-state index in [1.165, 1.54) is 0 Å². The van der Waals surface area contributed by atoms with Gasteiger partial charge in [0, 0.05) is 18.5 Å². The molecule has 0 saturated heterocycles. The van der Waals surface area contributed by atoms with Crippen molar-refractivity contribution in [1.82, 2.24) is 5.32 Å². The van der Waals surface area contributed by atoms with E-state index in [0.29, 0.717) is 13.0 Å². The highest BCUT2D eigenvalue weighted by Crippen LogP contribution is 2.06. The van der Waals surface area contributed by atoms with E-state index in [4.69, 9.17) is 5.53 Å². The van der Waals surface area contributed by atoms with Crippen molar-refractivity contribution in [1.29, 1.82) is 0 Å². The molecule has 0 spiro atoms. The number of azide groups is 1. The first-order valence-corrected chi connectivity index (χ1v) is 5.23. The topological polar surface area (TPSA) is 77.9 Å². The van der Waals surface area contributed by atoms with Crippen molar-refractivity contribution >= 4 is 12.0 Å². The fraction of sp³-hybridized carbons (Fsp3) is 0.250. The highest BCUT2D eigenvalue weighted by molar-refractivity contribution is 5.78. The van der Waals surface area contributed by atoms with Crippen molar-refractivity contribution in [3.8, 4) is 0 Å². The first-order chi connectivity index (χ1) is 8.26. The predicted octanol–water partition coefficient (Wildman–Crippen LogP) is 2.30. The van der Waals surface area contributed by atoms with Gasteiger partial charge in [-0.15, -0.1) is 0 Å². The van der Waals surface area contributed by atoms with Gasteiger partial charge in [-0.3, -0.25) is 4.79 Å². The summed E-state index contributed by atoms with van der Waals surface area (Å²) in [5.74, 6) is -0.00310. The lowest BCUT2D eigenvalue weighted by Crippen LogP contribution is -2.19. The Morgan fingerprint density at radius 1 is 1.47 bits per heavy atom. The van der Waals surface area contributed by atoms with Crippen LogP contribution in [0, 0.1) is 0 Å². The van der Waals surface area contributed by atoms with E-state index in [1.54, 1.807) is 13.1 Å². The molecule has 88 valence electrons. The molecule has 1 N–H and O–H groups in total. The van der Waals surface area contributed by atoms with Crippen molar-refractivity contribution in [2.24, 2.45) is 5.11 Å². The SMILES string of the molecule is CNC(=O)Cc1ccc(C=CCN=[N+]=[N-])cc1. The third-order valence-electron chi connectivity index (χ3n) is 2.18. The number of hydrogen-bond donors (Lipinski definition) is 1. The predicted molar refractivity (Wildman–Crippen MR) is 67.3 cm³/mol. The first kappa shape index (κ1) is 12.8. The molecule has 1 aromatic carbocycles. The Bertz CT molecular complexity index is 444. The molecule has 0 aliphatic rings. The lowest BCUT2D eigenvalue weighted by Gasteiger charge is -2.00. The number of carbonyl (C=O) groups is 1. The Hall–Kier alpha value is -2.26. The van der Waals surface area contributed by atoms with Gasteiger partial charge in [0.2, 0.25) is 5.91 Å². The van der Waals surface area contributed by atoms with Crippen LogP contribution in [0.25, 0.3) is 16.5 Å². The lowest BCUT2D eigenvalue weighted by atomic mass is 10.1. The normalized spacial score (nSPS) is 9.94. The quantitative estimate of drug-likeness (QED) is 0.470. The van der Waals surface area contributed by atoms with E-state index in [1.807, 2.05) is 30.3 Å². The van der Waals surface area contributed by atoms with Gasteiger partial charge in [0.1, 0.15) is 0 Å². The number of benzene rings is 1. The summed E-state index contributed by atoms with van der Waals surface area (Å²) in [4.78, 5) is 13.8. The van der Waals surface area contributed by atoms with Crippen LogP contribution < -0.4 is 5.32 Å². The maximum absolute atomic E-state index is 11.1. The molecular formula is C12H14N4O. The Labute approximate surface area is 99.8 Å². The Morgan fingerprint density at radius 3 is 2.76 bits per heavy atom. The average molecular weight is 230 g/mol. The molecule has 1 aromatic rings. The van der Waals surface area contributed by atoms with Crippen LogP contribution in [-0.4, -0.2) is 19.5 Å². The van der Waals surface area contributed by atoms with E-state index in [9.17, 15) is 4.79 Å². The summed E-state index contributed by atoms with van der Waals surface area (Å²) >= 11 is 0. The standard InChI is InChI=1S/C12H14N4O/c1-14-12(17)9-11-6-4-10(5-7-11)3-2-8-15-16-13/h2-7H,8-9H2,1H3,(H,14,17). The number of carbonyl (C=O) groups excluding carboxylic acids is 1. The van der Waals surface area contributed by atoms with Gasteiger partial charge < -0.3 is 5.32 Å². The summed E-state index contributed by atoms with van der Waals surface area (Å²) in [6, 6.07) is 7.65. The Kier molecular flexibility index (Phi) is 5.34. The smallest absolute Gasteiger partial charge is 0.224 e. The van der Waals surface area contributed by atoms with Gasteiger partial charge in [0.05, 0.1) is 6.42 Å². The zero-order valence-electron chi connectivity index (χ0n) is 9.63. The number of rotatable bonds is 5. The van der Waals surface area contributed by atoms with Crippen LogP contribution in [0.3, 0.4) is 0 Å². The number of amides is 1. The van der Waals surface area contributed by atoms with Gasteiger partial charge in [0.15, 0.2) is 0 Å². The largest absolute Gasteiger partial charge is 0.359 e. The van der Waals surface area contributed by atoms with Crippen molar-refractivity contribution in [2.75, 3.05) is 13.6 Å². The maximum atomic E-state index is 11.1. The van der Waals surface area contributed by atoms with E-state index in [0.717, 1.165) is 11.1 Å². The van der Waals surface area contributed by atoms with Crippen LogP contribution >= 0.6 is 0 Å². The zero-order chi connectivity index (χ0) is 12.5. The van der Waals surface area contributed by atoms with Crippen LogP contribution in [0.4, 0.5) is 0 Å². The highest BCUT2D eigenvalue weighted by Gasteiger charge is 1.99. The number of nitrogens with one attached hydrogen (secondary N) is 1. The second-order valence-electron chi connectivity index (χ2n) is 3.41. The second-order valence-corrected chi connectivity index (χ2v) is 3.41. The lowest BCUT2D eigenvalue weighted by molar-refractivity contribution is -0.119. The minimum Gasteiger partial charge on any atom is -0.359 e. The summed E-state index contributed by atoms with van der Waals surface area (Å²) in [5, 5.41) is 5.97. The van der Waals surface area contributed by atoms with Crippen molar-refractivity contribution in [3.05, 3.63) is 51.9 Å². The second kappa shape index (κ2) is 7.09. The van der Waals surface area contributed by atoms with E-state index >= 15 is 0 Å². The van der Waals surface area contributed by atoms with Crippen molar-refractivity contribution < 1.29 is 4.79 Å². The van der Waals surface area contributed by atoms with Crippen LogP contribution in [0.5, 0.6) is 0 Å². The molecule has 0 aliphatic heterocycles. The molecule has 0 bridgehead atoms. The summed E-state index contributed by atoms with van der Waals surface area (Å²) in [6.45, 7) is 0.344. The molecule has 1 rings (SSSR count). The summed E-state index contributed by atoms with van der Waals surface area (Å²) < 4.78 is 0. The van der Waals surface area contributed by atoms with Crippen LogP contribution in [0.15, 0.2) is 35.5 Å². The van der Waals surface area contributed by atoms with Crippen molar-refractivity contribution in [3.63, 3.8) is 0 Å². The molecule has 0 atom stereocenters. The molecule has 17 heavy (non-hydrogen) atoms. The molecule has 5 heteroatoms. The molecule has 0 aromatic heterocycles. The molecule has 5 nitrogen and oxygen atoms in total. The number of hydrogen-bond acceptors (Lipinski definition) is 2. The van der Waals surface area contributed by atoms with E-state index in [2.05, 4.69) is 15.3 Å². The average Bonchev–Trinajstić information content (AvgIpc) is 2.36. The molecule has 1 amide bonds. The van der Waals surface area contributed by atoms with Gasteiger partial charge in [-0.05, 0) is 16.7 Å². The van der Waals surface area contributed by atoms with Crippen molar-refractivity contribution in [2.45, 2.75) is 6.42 Å². The molecule has 0 radical (unpaired) electrons. The van der Waals surface area contributed by atoms with Crippen LogP contribution in [0.1, 0.15) is 11.1 Å². The first-order valence-electron chi connectivity index (χ1n) is 5.23. The summed E-state index contributed by atoms with van der Waals surface area (Å²) in [5.41, 5.74) is 10.1. The monoisotopic (exact) mass is 230 g/mol. The van der Waals surface area contributed by atoms with Crippen LogP contribution in [-0.2, 0) is 11.2 Å². The Morgan fingerprint density at radius 2 is 2.18 bits per heavy atom. The zero-order valence-corrected chi connectivity index (χ0v) is 9.63. The summed E-state index contributed by atoms with van der Waals surface area (Å²) in [6.07, 6.45) is 4.05. The minimum absolute atomic E-state index is 0.00310.